The topological polar surface area (TPSA) is 49.0 Å². The molecule has 0 saturated heterocycles. The summed E-state index contributed by atoms with van der Waals surface area (Å²) in [6.07, 6.45) is 0. The molecule has 0 fully saturated rings. The molecule has 0 saturated carbocycles. The molecule has 0 spiro atoms. The maximum atomic E-state index is 5.46. The molecule has 2 aromatic rings. The zero-order valence-electron chi connectivity index (χ0n) is 14.9. The third-order valence-corrected chi connectivity index (χ3v) is 3.99. The standard InChI is InChI=1S/C19H25NO4/c1-13(17-11-16(22-3)7-9-19(17)24-5)20-12-14-10-15(21-2)6-8-18(14)23-4/h6-11,13,20H,12H2,1-5H3. The second-order valence-electron chi connectivity index (χ2n) is 5.39. The van der Waals surface area contributed by atoms with Crippen molar-refractivity contribution < 1.29 is 18.9 Å². The number of ether oxygens (including phenoxy) is 4. The van der Waals surface area contributed by atoms with Crippen LogP contribution in [0.1, 0.15) is 24.1 Å². The van der Waals surface area contributed by atoms with Crippen LogP contribution in [0.3, 0.4) is 0 Å². The van der Waals surface area contributed by atoms with E-state index in [9.17, 15) is 0 Å². The van der Waals surface area contributed by atoms with E-state index in [0.717, 1.165) is 34.1 Å². The molecule has 1 N–H and O–H groups in total. The van der Waals surface area contributed by atoms with Gasteiger partial charge >= 0.3 is 0 Å². The van der Waals surface area contributed by atoms with Gasteiger partial charge in [-0.05, 0) is 43.3 Å². The number of hydrogen-bond acceptors (Lipinski definition) is 5. The van der Waals surface area contributed by atoms with Crippen molar-refractivity contribution in [1.82, 2.24) is 5.32 Å². The summed E-state index contributed by atoms with van der Waals surface area (Å²) in [4.78, 5) is 0. The van der Waals surface area contributed by atoms with Crippen LogP contribution in [0.25, 0.3) is 0 Å². The summed E-state index contributed by atoms with van der Waals surface area (Å²) in [5, 5.41) is 3.50. The van der Waals surface area contributed by atoms with Crippen LogP contribution < -0.4 is 24.3 Å². The minimum absolute atomic E-state index is 0.0750. The zero-order valence-corrected chi connectivity index (χ0v) is 14.9. The van der Waals surface area contributed by atoms with Gasteiger partial charge in [0.1, 0.15) is 23.0 Å². The first-order valence-electron chi connectivity index (χ1n) is 7.79. The van der Waals surface area contributed by atoms with Crippen molar-refractivity contribution in [3.8, 4) is 23.0 Å². The molecule has 5 nitrogen and oxygen atoms in total. The quantitative estimate of drug-likeness (QED) is 0.801. The Balaban J connectivity index is 2.17. The fourth-order valence-corrected chi connectivity index (χ4v) is 2.57. The Hall–Kier alpha value is -2.40. The summed E-state index contributed by atoms with van der Waals surface area (Å²) >= 11 is 0. The summed E-state index contributed by atoms with van der Waals surface area (Å²) in [6.45, 7) is 2.73. The van der Waals surface area contributed by atoms with Gasteiger partial charge in [0, 0.05) is 23.7 Å². The van der Waals surface area contributed by atoms with Gasteiger partial charge in [-0.2, -0.15) is 0 Å². The highest BCUT2D eigenvalue weighted by atomic mass is 16.5. The van der Waals surface area contributed by atoms with Gasteiger partial charge in [0.05, 0.1) is 28.4 Å². The van der Waals surface area contributed by atoms with Gasteiger partial charge in [-0.25, -0.2) is 0 Å². The van der Waals surface area contributed by atoms with Gasteiger partial charge in [0.15, 0.2) is 0 Å². The highest BCUT2D eigenvalue weighted by Gasteiger charge is 2.14. The van der Waals surface area contributed by atoms with Crippen LogP contribution in [0, 0.1) is 0 Å². The van der Waals surface area contributed by atoms with E-state index in [1.165, 1.54) is 0 Å². The first kappa shape index (κ1) is 17.9. The normalized spacial score (nSPS) is 11.7. The summed E-state index contributed by atoms with van der Waals surface area (Å²) in [5.74, 6) is 3.26. The molecule has 0 aromatic heterocycles. The van der Waals surface area contributed by atoms with Gasteiger partial charge in [0.2, 0.25) is 0 Å². The van der Waals surface area contributed by atoms with Crippen LogP contribution in [0.4, 0.5) is 0 Å². The largest absolute Gasteiger partial charge is 0.497 e. The number of benzene rings is 2. The molecule has 0 aliphatic carbocycles. The van der Waals surface area contributed by atoms with Crippen LogP contribution in [-0.4, -0.2) is 28.4 Å². The van der Waals surface area contributed by atoms with Crippen molar-refractivity contribution in [2.45, 2.75) is 19.5 Å². The summed E-state index contributed by atoms with van der Waals surface area (Å²) in [6, 6.07) is 11.6. The first-order valence-corrected chi connectivity index (χ1v) is 7.79. The Morgan fingerprint density at radius 1 is 0.792 bits per heavy atom. The first-order chi connectivity index (χ1) is 11.6. The smallest absolute Gasteiger partial charge is 0.123 e. The molecule has 0 aliphatic heterocycles. The number of methoxy groups -OCH3 is 4. The van der Waals surface area contributed by atoms with Crippen LogP contribution in [0.15, 0.2) is 36.4 Å². The molecule has 2 rings (SSSR count). The fourth-order valence-electron chi connectivity index (χ4n) is 2.57. The van der Waals surface area contributed by atoms with Crippen molar-refractivity contribution in [1.29, 1.82) is 0 Å². The lowest BCUT2D eigenvalue weighted by Crippen LogP contribution is -2.19. The van der Waals surface area contributed by atoms with E-state index < -0.39 is 0 Å². The van der Waals surface area contributed by atoms with E-state index in [-0.39, 0.29) is 6.04 Å². The Morgan fingerprint density at radius 3 is 1.96 bits per heavy atom. The maximum Gasteiger partial charge on any atom is 0.123 e. The minimum atomic E-state index is 0.0750. The number of nitrogens with one attached hydrogen (secondary N) is 1. The second-order valence-corrected chi connectivity index (χ2v) is 5.39. The second kappa shape index (κ2) is 8.45. The summed E-state index contributed by atoms with van der Waals surface area (Å²) in [5.41, 5.74) is 2.07. The highest BCUT2D eigenvalue weighted by Crippen LogP contribution is 2.30. The van der Waals surface area contributed by atoms with Gasteiger partial charge in [0.25, 0.3) is 0 Å². The van der Waals surface area contributed by atoms with Gasteiger partial charge in [-0.3, -0.25) is 0 Å². The Kier molecular flexibility index (Phi) is 6.32. The van der Waals surface area contributed by atoms with Crippen LogP contribution in [0.2, 0.25) is 0 Å². The zero-order chi connectivity index (χ0) is 17.5. The Morgan fingerprint density at radius 2 is 1.38 bits per heavy atom. The lowest BCUT2D eigenvalue weighted by Gasteiger charge is -2.19. The monoisotopic (exact) mass is 331 g/mol. The molecule has 2 aromatic carbocycles. The molecule has 0 heterocycles. The van der Waals surface area contributed by atoms with E-state index in [1.807, 2.05) is 36.4 Å². The highest BCUT2D eigenvalue weighted by molar-refractivity contribution is 5.43. The SMILES string of the molecule is COc1ccc(OC)c(CNC(C)c2cc(OC)ccc2OC)c1. The summed E-state index contributed by atoms with van der Waals surface area (Å²) < 4.78 is 21.5. The van der Waals surface area contributed by atoms with Gasteiger partial charge in [-0.1, -0.05) is 0 Å². The fraction of sp³-hybridized carbons (Fsp3) is 0.368. The molecule has 1 unspecified atom stereocenters. The molecule has 0 radical (unpaired) electrons. The average molecular weight is 331 g/mol. The lowest BCUT2D eigenvalue weighted by atomic mass is 10.1. The van der Waals surface area contributed by atoms with Crippen LogP contribution in [-0.2, 0) is 6.54 Å². The number of rotatable bonds is 8. The van der Waals surface area contributed by atoms with Crippen LogP contribution in [0.5, 0.6) is 23.0 Å². The van der Waals surface area contributed by atoms with E-state index in [1.54, 1.807) is 28.4 Å². The summed E-state index contributed by atoms with van der Waals surface area (Å²) in [7, 11) is 6.65. The molecule has 0 bridgehead atoms. The molecule has 0 aliphatic rings. The van der Waals surface area contributed by atoms with E-state index in [4.69, 9.17) is 18.9 Å². The Labute approximate surface area is 143 Å². The lowest BCUT2D eigenvalue weighted by molar-refractivity contribution is 0.387. The van der Waals surface area contributed by atoms with E-state index in [0.29, 0.717) is 6.54 Å². The third kappa shape index (κ3) is 4.11. The minimum Gasteiger partial charge on any atom is -0.497 e. The van der Waals surface area contributed by atoms with Crippen molar-refractivity contribution in [2.24, 2.45) is 0 Å². The van der Waals surface area contributed by atoms with E-state index >= 15 is 0 Å². The van der Waals surface area contributed by atoms with E-state index in [2.05, 4.69) is 12.2 Å². The maximum absolute atomic E-state index is 5.46. The molecule has 5 heteroatoms. The predicted octanol–water partition coefficient (Wildman–Crippen LogP) is 3.57. The van der Waals surface area contributed by atoms with Crippen LogP contribution >= 0.6 is 0 Å². The van der Waals surface area contributed by atoms with Crippen molar-refractivity contribution >= 4 is 0 Å². The Bertz CT molecular complexity index is 672. The van der Waals surface area contributed by atoms with Crippen molar-refractivity contribution in [2.75, 3.05) is 28.4 Å². The molecule has 0 amide bonds. The molecular formula is C19H25NO4. The molecular weight excluding hydrogens is 306 g/mol. The average Bonchev–Trinajstić information content (AvgIpc) is 2.65. The van der Waals surface area contributed by atoms with Gasteiger partial charge in [-0.15, -0.1) is 0 Å². The van der Waals surface area contributed by atoms with Crippen molar-refractivity contribution in [3.05, 3.63) is 47.5 Å². The van der Waals surface area contributed by atoms with Crippen molar-refractivity contribution in [3.63, 3.8) is 0 Å². The van der Waals surface area contributed by atoms with Gasteiger partial charge < -0.3 is 24.3 Å². The third-order valence-electron chi connectivity index (χ3n) is 3.99. The molecule has 1 atom stereocenters. The molecule has 130 valence electrons. The number of hydrogen-bond donors (Lipinski definition) is 1. The molecule has 24 heavy (non-hydrogen) atoms. The predicted molar refractivity (Wildman–Crippen MR) is 94.3 cm³/mol.